The third-order valence-electron chi connectivity index (χ3n) is 13.4. The molecule has 1 heteroatoms. The van der Waals surface area contributed by atoms with Crippen LogP contribution in [0, 0.1) is 56.2 Å². The summed E-state index contributed by atoms with van der Waals surface area (Å²) in [5.74, 6) is 2.73. The molecule has 4 fully saturated rings. The second kappa shape index (κ2) is 6.54. The number of carbonyl (C=O) groups excluding carboxylic acids is 1. The first kappa shape index (κ1) is 23.2. The summed E-state index contributed by atoms with van der Waals surface area (Å²) in [5.41, 5.74) is 3.15. The maximum absolute atomic E-state index is 14.2. The molecule has 0 aromatic rings. The molecule has 8 atom stereocenters. The number of fused-ring (bicyclic) bond motifs is 7. The molecule has 5 aliphatic rings. The van der Waals surface area contributed by atoms with Crippen molar-refractivity contribution in [2.75, 3.05) is 0 Å². The van der Waals surface area contributed by atoms with E-state index >= 15 is 0 Å². The van der Waals surface area contributed by atoms with Crippen molar-refractivity contribution in [1.29, 1.82) is 0 Å². The fourth-order valence-electron chi connectivity index (χ4n) is 10.5. The molecule has 0 heterocycles. The molecular formula is C31H50O. The van der Waals surface area contributed by atoms with Gasteiger partial charge in [-0.1, -0.05) is 67.9 Å². The monoisotopic (exact) mass is 438 g/mol. The van der Waals surface area contributed by atoms with Crippen LogP contribution in [-0.4, -0.2) is 5.78 Å². The van der Waals surface area contributed by atoms with Crippen LogP contribution in [0.15, 0.2) is 11.6 Å². The molecule has 5 rings (SSSR count). The number of hydrogen-bond donors (Lipinski definition) is 0. The van der Waals surface area contributed by atoms with E-state index in [0.29, 0.717) is 33.9 Å². The van der Waals surface area contributed by atoms with E-state index in [2.05, 4.69) is 68.4 Å². The zero-order valence-corrected chi connectivity index (χ0v) is 22.7. The van der Waals surface area contributed by atoms with Crippen molar-refractivity contribution in [3.63, 3.8) is 0 Å². The van der Waals surface area contributed by atoms with Crippen molar-refractivity contribution in [2.24, 2.45) is 56.2 Å². The molecule has 0 radical (unpaired) electrons. The lowest BCUT2D eigenvalue weighted by molar-refractivity contribution is -0.192. The zero-order valence-electron chi connectivity index (χ0n) is 22.7. The fourth-order valence-corrected chi connectivity index (χ4v) is 10.5. The van der Waals surface area contributed by atoms with E-state index in [1.807, 2.05) is 0 Å². The standard InChI is InChI=1S/C31H50O/c1-20-10-12-29(7)24(27(20,4)5)11-13-31(9)25(29)23(32)18-21-22-19-26(2,3)14-15-28(22,6)16-17-30(21,31)8/h18,20,22,24-25H,10-17,19H2,1-9H3/t20?,22?,24?,25?,28-,29+,30-,31-/m1/s1. The molecule has 180 valence electrons. The summed E-state index contributed by atoms with van der Waals surface area (Å²) in [6, 6.07) is 0. The minimum Gasteiger partial charge on any atom is -0.295 e. The number of hydrogen-bond acceptors (Lipinski definition) is 1. The van der Waals surface area contributed by atoms with Crippen LogP contribution in [-0.2, 0) is 4.79 Å². The van der Waals surface area contributed by atoms with Gasteiger partial charge in [-0.05, 0) is 114 Å². The Balaban J connectivity index is 1.63. The van der Waals surface area contributed by atoms with Crippen molar-refractivity contribution in [3.05, 3.63) is 11.6 Å². The molecule has 4 saturated carbocycles. The first-order valence-electron chi connectivity index (χ1n) is 13.9. The SMILES string of the molecule is CC1CC[C@@]2(C)C(CC[C@]3(C)C2C(=O)C=C2C4CC(C)(C)CC[C@]4(C)CC[C@]23C)C1(C)C. The molecule has 5 aliphatic carbocycles. The molecule has 0 bridgehead atoms. The van der Waals surface area contributed by atoms with E-state index in [1.54, 1.807) is 5.57 Å². The molecule has 0 saturated heterocycles. The molecule has 1 nitrogen and oxygen atoms in total. The van der Waals surface area contributed by atoms with Crippen molar-refractivity contribution < 1.29 is 4.79 Å². The Hall–Kier alpha value is -0.590. The van der Waals surface area contributed by atoms with E-state index in [1.165, 1.54) is 57.8 Å². The van der Waals surface area contributed by atoms with Crippen LogP contribution in [0.3, 0.4) is 0 Å². The molecular weight excluding hydrogens is 388 g/mol. The van der Waals surface area contributed by atoms with E-state index in [0.717, 1.165) is 5.92 Å². The highest BCUT2D eigenvalue weighted by molar-refractivity contribution is 5.95. The summed E-state index contributed by atoms with van der Waals surface area (Å²) in [6.07, 6.45) is 13.9. The van der Waals surface area contributed by atoms with Crippen molar-refractivity contribution in [3.8, 4) is 0 Å². The number of carbonyl (C=O) groups is 1. The highest BCUT2D eigenvalue weighted by Gasteiger charge is 2.69. The van der Waals surface area contributed by atoms with Gasteiger partial charge in [0.15, 0.2) is 5.78 Å². The average molecular weight is 439 g/mol. The summed E-state index contributed by atoms with van der Waals surface area (Å²) in [6.45, 7) is 22.6. The molecule has 0 amide bonds. The average Bonchev–Trinajstić information content (AvgIpc) is 2.68. The Morgan fingerprint density at radius 1 is 0.812 bits per heavy atom. The lowest BCUT2D eigenvalue weighted by Crippen LogP contribution is -2.65. The Bertz CT molecular complexity index is 862. The number of allylic oxidation sites excluding steroid dienone is 2. The van der Waals surface area contributed by atoms with Crippen LogP contribution in [0.1, 0.15) is 120 Å². The smallest absolute Gasteiger partial charge is 0.159 e. The Labute approximate surface area is 198 Å². The summed E-state index contributed by atoms with van der Waals surface area (Å²) < 4.78 is 0. The lowest BCUT2D eigenvalue weighted by Gasteiger charge is -2.70. The number of ketones is 1. The molecule has 32 heavy (non-hydrogen) atoms. The number of rotatable bonds is 0. The predicted molar refractivity (Wildman–Crippen MR) is 134 cm³/mol. The minimum absolute atomic E-state index is 0.110. The lowest BCUT2D eigenvalue weighted by atomic mass is 9.33. The van der Waals surface area contributed by atoms with E-state index in [9.17, 15) is 4.79 Å². The fraction of sp³-hybridized carbons (Fsp3) is 0.903. The summed E-state index contributed by atoms with van der Waals surface area (Å²) in [4.78, 5) is 14.2. The Kier molecular flexibility index (Phi) is 4.74. The Morgan fingerprint density at radius 3 is 2.16 bits per heavy atom. The third kappa shape index (κ3) is 2.72. The molecule has 0 aliphatic heterocycles. The molecule has 0 N–H and O–H groups in total. The highest BCUT2D eigenvalue weighted by atomic mass is 16.1. The van der Waals surface area contributed by atoms with Gasteiger partial charge in [0, 0.05) is 5.92 Å². The van der Waals surface area contributed by atoms with Gasteiger partial charge in [0.25, 0.3) is 0 Å². The largest absolute Gasteiger partial charge is 0.295 e. The molecule has 0 spiro atoms. The topological polar surface area (TPSA) is 17.1 Å². The van der Waals surface area contributed by atoms with Crippen LogP contribution in [0.5, 0.6) is 0 Å². The second-order valence-electron chi connectivity index (χ2n) is 15.6. The highest BCUT2D eigenvalue weighted by Crippen LogP contribution is 2.75. The Morgan fingerprint density at radius 2 is 1.47 bits per heavy atom. The first-order chi connectivity index (χ1) is 14.6. The summed E-state index contributed by atoms with van der Waals surface area (Å²) >= 11 is 0. The van der Waals surface area contributed by atoms with Gasteiger partial charge in [-0.25, -0.2) is 0 Å². The van der Waals surface area contributed by atoms with E-state index in [-0.39, 0.29) is 22.2 Å². The van der Waals surface area contributed by atoms with Gasteiger partial charge < -0.3 is 0 Å². The van der Waals surface area contributed by atoms with Crippen molar-refractivity contribution in [1.82, 2.24) is 0 Å². The molecule has 4 unspecified atom stereocenters. The van der Waals surface area contributed by atoms with Gasteiger partial charge in [-0.15, -0.1) is 0 Å². The summed E-state index contributed by atoms with van der Waals surface area (Å²) in [7, 11) is 0. The first-order valence-corrected chi connectivity index (χ1v) is 13.9. The van der Waals surface area contributed by atoms with Gasteiger partial charge in [0.2, 0.25) is 0 Å². The third-order valence-corrected chi connectivity index (χ3v) is 13.4. The van der Waals surface area contributed by atoms with E-state index < -0.39 is 0 Å². The van der Waals surface area contributed by atoms with Crippen molar-refractivity contribution in [2.45, 2.75) is 120 Å². The predicted octanol–water partition coefficient (Wildman–Crippen LogP) is 8.62. The van der Waals surface area contributed by atoms with Crippen LogP contribution in [0.2, 0.25) is 0 Å². The van der Waals surface area contributed by atoms with Crippen molar-refractivity contribution >= 4 is 5.78 Å². The van der Waals surface area contributed by atoms with Gasteiger partial charge in [-0.3, -0.25) is 4.79 Å². The van der Waals surface area contributed by atoms with Crippen LogP contribution in [0.4, 0.5) is 0 Å². The zero-order chi connectivity index (χ0) is 23.5. The molecule has 0 aromatic heterocycles. The van der Waals surface area contributed by atoms with Gasteiger partial charge >= 0.3 is 0 Å². The maximum Gasteiger partial charge on any atom is 0.159 e. The quantitative estimate of drug-likeness (QED) is 0.370. The second-order valence-corrected chi connectivity index (χ2v) is 15.6. The van der Waals surface area contributed by atoms with Crippen LogP contribution in [0.25, 0.3) is 0 Å². The normalized spacial score (nSPS) is 53.9. The summed E-state index contributed by atoms with van der Waals surface area (Å²) in [5, 5.41) is 0. The van der Waals surface area contributed by atoms with E-state index in [4.69, 9.17) is 0 Å². The van der Waals surface area contributed by atoms with Gasteiger partial charge in [0.05, 0.1) is 0 Å². The van der Waals surface area contributed by atoms with Gasteiger partial charge in [0.1, 0.15) is 0 Å². The van der Waals surface area contributed by atoms with Crippen LogP contribution < -0.4 is 0 Å². The minimum atomic E-state index is 0.110. The maximum atomic E-state index is 14.2. The van der Waals surface area contributed by atoms with Gasteiger partial charge in [-0.2, -0.15) is 0 Å². The molecule has 0 aromatic carbocycles. The van der Waals surface area contributed by atoms with Crippen LogP contribution >= 0.6 is 0 Å².